The number of carboxylic acids is 2. The highest BCUT2D eigenvalue weighted by Gasteiger charge is 2.42. The van der Waals surface area contributed by atoms with Gasteiger partial charge in [-0.05, 0) is 86.7 Å². The average Bonchev–Trinajstić information content (AvgIpc) is 3.17. The molecule has 0 radical (unpaired) electrons. The Morgan fingerprint density at radius 2 is 1.63 bits per heavy atom. The molecule has 5 amide bonds. The van der Waals surface area contributed by atoms with Crippen molar-refractivity contribution < 1.29 is 43.8 Å². The quantitative estimate of drug-likeness (QED) is 0.0555. The first-order valence-corrected chi connectivity index (χ1v) is 19.4. The Hall–Kier alpha value is -5.39. The number of carboxylic acid groups (broad SMARTS) is 2. The molecule has 1 heterocycles. The molecule has 17 nitrogen and oxygen atoms in total. The lowest BCUT2D eigenvalue weighted by Gasteiger charge is -2.38. The predicted molar refractivity (Wildman–Crippen MR) is 211 cm³/mol. The summed E-state index contributed by atoms with van der Waals surface area (Å²) in [5.41, 5.74) is 16.7. The Labute approximate surface area is 332 Å². The number of carbonyl (C=O) groups excluding carboxylic acids is 5. The van der Waals surface area contributed by atoms with Crippen molar-refractivity contribution in [1.82, 2.24) is 26.2 Å². The van der Waals surface area contributed by atoms with Gasteiger partial charge < -0.3 is 47.8 Å². The SMILES string of the molecule is CN(C)c1ccc2c3c1CCCC3C(=O)N(CC[C@@H](NC(=O)[C@@H](N)CCNC[C@@H](N)Cc1ccccc1)C(=O)NCC[C@@H](NC(=O)CCCC(=O)O)C(=O)O)C2=O. The smallest absolute Gasteiger partial charge is 0.326 e. The molecule has 2 aliphatic rings. The lowest BCUT2D eigenvalue weighted by molar-refractivity contribution is -0.142. The zero-order valence-electron chi connectivity index (χ0n) is 32.6. The lowest BCUT2D eigenvalue weighted by Crippen LogP contribution is -2.54. The summed E-state index contributed by atoms with van der Waals surface area (Å²) in [6, 6.07) is 9.56. The van der Waals surface area contributed by atoms with E-state index in [2.05, 4.69) is 21.3 Å². The molecule has 0 spiro atoms. The van der Waals surface area contributed by atoms with Gasteiger partial charge in [0.15, 0.2) is 0 Å². The Balaban J connectivity index is 1.40. The highest BCUT2D eigenvalue weighted by atomic mass is 16.4. The molecule has 310 valence electrons. The first-order chi connectivity index (χ1) is 27.2. The number of benzene rings is 2. The summed E-state index contributed by atoms with van der Waals surface area (Å²) < 4.78 is 0. The van der Waals surface area contributed by atoms with Crippen molar-refractivity contribution in [3.63, 3.8) is 0 Å². The number of nitrogens with two attached hydrogens (primary N) is 2. The zero-order valence-corrected chi connectivity index (χ0v) is 32.6. The third-order valence-electron chi connectivity index (χ3n) is 10.3. The standard InChI is InChI=1S/C40H56N8O9/c1-47(2)32-15-14-28-35-26(32)10-6-11-27(35)38(54)48(39(28)55)21-18-30(37(53)44-20-17-31(40(56)57)45-33(49)12-7-13-34(50)51)46-36(52)29(42)16-19-43-23-25(41)22-24-8-4-3-5-9-24/h3-5,8-9,14-15,25,27,29-31,43H,6-7,10-13,16-23,41-42H2,1-2H3,(H,44,53)(H,45,49)(H,46,52)(H,50,51)(H,56,57)/t25-,27?,29-,30+,31+/m0/s1. The lowest BCUT2D eigenvalue weighted by atomic mass is 9.76. The van der Waals surface area contributed by atoms with Gasteiger partial charge in [0.05, 0.1) is 12.0 Å². The molecular formula is C40H56N8O9. The van der Waals surface area contributed by atoms with Crippen molar-refractivity contribution >= 4 is 47.2 Å². The maximum Gasteiger partial charge on any atom is 0.326 e. The van der Waals surface area contributed by atoms with Crippen molar-refractivity contribution in [3.05, 3.63) is 64.7 Å². The fourth-order valence-electron chi connectivity index (χ4n) is 7.30. The molecule has 57 heavy (non-hydrogen) atoms. The molecule has 0 fully saturated rings. The molecule has 1 unspecified atom stereocenters. The Kier molecular flexibility index (Phi) is 16.5. The van der Waals surface area contributed by atoms with Crippen molar-refractivity contribution in [3.8, 4) is 0 Å². The molecule has 0 bridgehead atoms. The van der Waals surface area contributed by atoms with Crippen LogP contribution in [0.2, 0.25) is 0 Å². The number of hydrogen-bond acceptors (Lipinski definition) is 11. The Morgan fingerprint density at radius 1 is 0.895 bits per heavy atom. The highest BCUT2D eigenvalue weighted by molar-refractivity contribution is 6.12. The van der Waals surface area contributed by atoms with Gasteiger partial charge in [-0.25, -0.2) is 4.79 Å². The average molecular weight is 793 g/mol. The van der Waals surface area contributed by atoms with Crippen LogP contribution in [-0.2, 0) is 41.6 Å². The minimum Gasteiger partial charge on any atom is -0.481 e. The summed E-state index contributed by atoms with van der Waals surface area (Å²) >= 11 is 0. The van der Waals surface area contributed by atoms with Crippen molar-refractivity contribution in [2.75, 3.05) is 45.2 Å². The van der Waals surface area contributed by atoms with Gasteiger partial charge in [-0.2, -0.15) is 0 Å². The monoisotopic (exact) mass is 792 g/mol. The number of rotatable bonds is 23. The number of imide groups is 1. The summed E-state index contributed by atoms with van der Waals surface area (Å²) in [5.74, 6) is -5.80. The number of aliphatic carboxylic acids is 2. The van der Waals surface area contributed by atoms with Crippen LogP contribution >= 0.6 is 0 Å². The van der Waals surface area contributed by atoms with Crippen LogP contribution in [0.3, 0.4) is 0 Å². The predicted octanol–water partition coefficient (Wildman–Crippen LogP) is 0.237. The van der Waals surface area contributed by atoms with E-state index in [1.165, 1.54) is 0 Å². The van der Waals surface area contributed by atoms with Crippen molar-refractivity contribution in [2.45, 2.75) is 94.3 Å². The van der Waals surface area contributed by atoms with E-state index in [1.807, 2.05) is 55.4 Å². The van der Waals surface area contributed by atoms with Gasteiger partial charge in [-0.1, -0.05) is 30.3 Å². The van der Waals surface area contributed by atoms with Crippen molar-refractivity contribution in [1.29, 1.82) is 0 Å². The van der Waals surface area contributed by atoms with Crippen molar-refractivity contribution in [2.24, 2.45) is 11.5 Å². The second-order valence-corrected chi connectivity index (χ2v) is 14.8. The van der Waals surface area contributed by atoms with E-state index in [4.69, 9.17) is 16.6 Å². The molecule has 2 aromatic rings. The van der Waals surface area contributed by atoms with E-state index >= 15 is 0 Å². The van der Waals surface area contributed by atoms with Crippen LogP contribution in [-0.4, -0.2) is 121 Å². The van der Waals surface area contributed by atoms with Crippen LogP contribution in [0.5, 0.6) is 0 Å². The Bertz CT molecular complexity index is 1770. The number of hydrogen-bond donors (Lipinski definition) is 8. The van der Waals surface area contributed by atoms with E-state index < -0.39 is 59.6 Å². The van der Waals surface area contributed by atoms with E-state index in [1.54, 1.807) is 6.07 Å². The highest BCUT2D eigenvalue weighted by Crippen LogP contribution is 2.43. The van der Waals surface area contributed by atoms with E-state index in [-0.39, 0.29) is 63.6 Å². The van der Waals surface area contributed by atoms with Gasteiger partial charge in [0.2, 0.25) is 23.6 Å². The first kappa shape index (κ1) is 44.3. The molecular weight excluding hydrogens is 736 g/mol. The number of nitrogens with zero attached hydrogens (tertiary/aromatic N) is 2. The minimum absolute atomic E-state index is 0.0260. The molecule has 1 aliphatic carbocycles. The van der Waals surface area contributed by atoms with Gasteiger partial charge in [-0.3, -0.25) is 33.7 Å². The van der Waals surface area contributed by atoms with Gasteiger partial charge in [0.25, 0.3) is 5.91 Å². The fourth-order valence-corrected chi connectivity index (χ4v) is 7.30. The van der Waals surface area contributed by atoms with Crippen LogP contribution in [0.4, 0.5) is 5.69 Å². The van der Waals surface area contributed by atoms with Crippen LogP contribution in [0.15, 0.2) is 42.5 Å². The number of carbonyl (C=O) groups is 7. The third kappa shape index (κ3) is 12.6. The summed E-state index contributed by atoms with van der Waals surface area (Å²) in [5, 5.41) is 29.2. The molecule has 17 heteroatoms. The molecule has 0 aromatic heterocycles. The van der Waals surface area contributed by atoms with Crippen LogP contribution in [0.25, 0.3) is 0 Å². The normalized spacial score (nSPS) is 16.8. The topological polar surface area (TPSA) is 267 Å². The molecule has 1 aliphatic heterocycles. The van der Waals surface area contributed by atoms with Crippen LogP contribution in [0, 0.1) is 0 Å². The minimum atomic E-state index is -1.38. The van der Waals surface area contributed by atoms with E-state index in [0.717, 1.165) is 40.1 Å². The zero-order chi connectivity index (χ0) is 41.6. The molecule has 10 N–H and O–H groups in total. The number of nitrogens with one attached hydrogen (secondary N) is 4. The van der Waals surface area contributed by atoms with Crippen LogP contribution in [0.1, 0.15) is 84.3 Å². The summed E-state index contributed by atoms with van der Waals surface area (Å²) in [4.78, 5) is 92.5. The second-order valence-electron chi connectivity index (χ2n) is 14.8. The molecule has 5 atom stereocenters. The molecule has 0 saturated carbocycles. The van der Waals surface area contributed by atoms with Gasteiger partial charge in [-0.15, -0.1) is 0 Å². The van der Waals surface area contributed by atoms with Gasteiger partial charge in [0, 0.05) is 63.9 Å². The van der Waals surface area contributed by atoms with E-state index in [0.29, 0.717) is 31.5 Å². The summed E-state index contributed by atoms with van der Waals surface area (Å²) in [6.07, 6.45) is 2.17. The fraction of sp³-hybridized carbons (Fsp3) is 0.525. The Morgan fingerprint density at radius 3 is 2.32 bits per heavy atom. The van der Waals surface area contributed by atoms with E-state index in [9.17, 15) is 38.7 Å². The maximum absolute atomic E-state index is 13.9. The van der Waals surface area contributed by atoms with Gasteiger partial charge >= 0.3 is 11.9 Å². The molecule has 4 rings (SSSR count). The second kappa shape index (κ2) is 21.2. The summed E-state index contributed by atoms with van der Waals surface area (Å²) in [7, 11) is 3.82. The van der Waals surface area contributed by atoms with Gasteiger partial charge in [0.1, 0.15) is 12.1 Å². The van der Waals surface area contributed by atoms with Crippen LogP contribution < -0.4 is 37.6 Å². The number of amides is 5. The molecule has 2 aromatic carbocycles. The summed E-state index contributed by atoms with van der Waals surface area (Å²) in [6.45, 7) is 0.442. The maximum atomic E-state index is 13.9. The number of anilines is 1. The molecule has 0 saturated heterocycles. The largest absolute Gasteiger partial charge is 0.481 e. The third-order valence-corrected chi connectivity index (χ3v) is 10.3. The first-order valence-electron chi connectivity index (χ1n) is 19.4.